The average Bonchev–Trinajstić information content (AvgIpc) is 2.81. The fraction of sp³-hybridized carbons (Fsp3) is 0.154. The van der Waals surface area contributed by atoms with Crippen LogP contribution in [0.15, 0.2) is 35.0 Å². The van der Waals surface area contributed by atoms with Gasteiger partial charge in [0.05, 0.1) is 0 Å². The molecule has 0 bridgehead atoms. The van der Waals surface area contributed by atoms with Crippen molar-refractivity contribution in [3.05, 3.63) is 51.2 Å². The quantitative estimate of drug-likeness (QED) is 0.666. The van der Waals surface area contributed by atoms with Crippen LogP contribution >= 0.6 is 22.9 Å². The van der Waals surface area contributed by atoms with E-state index in [1.807, 2.05) is 23.4 Å². The highest BCUT2D eigenvalue weighted by Crippen LogP contribution is 2.25. The van der Waals surface area contributed by atoms with E-state index in [0.717, 1.165) is 12.2 Å². The van der Waals surface area contributed by atoms with E-state index in [1.165, 1.54) is 5.56 Å². The van der Waals surface area contributed by atoms with Crippen LogP contribution in [0.25, 0.3) is 0 Å². The molecule has 3 N–H and O–H groups in total. The highest BCUT2D eigenvalue weighted by molar-refractivity contribution is 7.07. The average molecular weight is 280 g/mol. The van der Waals surface area contributed by atoms with Crippen LogP contribution in [0.4, 0.5) is 5.69 Å². The van der Waals surface area contributed by atoms with Crippen LogP contribution in [0.2, 0.25) is 5.02 Å². The van der Waals surface area contributed by atoms with Gasteiger partial charge in [0.2, 0.25) is 0 Å². The van der Waals surface area contributed by atoms with E-state index >= 15 is 0 Å². The van der Waals surface area contributed by atoms with Gasteiger partial charge < -0.3 is 10.6 Å². The number of rotatable bonds is 4. The summed E-state index contributed by atoms with van der Waals surface area (Å²) in [6.07, 6.45) is 0. The highest BCUT2D eigenvalue weighted by atomic mass is 35.5. The Kier molecular flexibility index (Phi) is 3.89. The van der Waals surface area contributed by atoms with Gasteiger partial charge in [-0.15, -0.1) is 0 Å². The third-order valence-electron chi connectivity index (χ3n) is 2.66. The van der Waals surface area contributed by atoms with E-state index < -0.39 is 0 Å². The van der Waals surface area contributed by atoms with Crippen LogP contribution in [0.3, 0.4) is 0 Å². The molecule has 2 aromatic rings. The van der Waals surface area contributed by atoms with Gasteiger partial charge in [-0.1, -0.05) is 11.6 Å². The first-order valence-electron chi connectivity index (χ1n) is 5.44. The van der Waals surface area contributed by atoms with Gasteiger partial charge in [0, 0.05) is 29.9 Å². The number of anilines is 1. The Balaban J connectivity index is 2.31. The van der Waals surface area contributed by atoms with Crippen LogP contribution in [-0.2, 0) is 6.54 Å². The Morgan fingerprint density at radius 1 is 1.44 bits per heavy atom. The molecule has 0 saturated carbocycles. The molecule has 0 saturated heterocycles. The second-order valence-electron chi connectivity index (χ2n) is 4.06. The largest absolute Gasteiger partial charge is 0.384 e. The molecule has 94 valence electrons. The van der Waals surface area contributed by atoms with Crippen LogP contribution in [-0.4, -0.2) is 12.9 Å². The predicted octanol–water partition coefficient (Wildman–Crippen LogP) is 3.32. The van der Waals surface area contributed by atoms with Crippen LogP contribution in [0, 0.1) is 5.41 Å². The van der Waals surface area contributed by atoms with Gasteiger partial charge in [-0.05, 0) is 40.6 Å². The molecule has 0 amide bonds. The van der Waals surface area contributed by atoms with Crippen molar-refractivity contribution in [2.24, 2.45) is 5.73 Å². The molecule has 0 fully saturated rings. The molecule has 0 aliphatic rings. The third kappa shape index (κ3) is 2.83. The molecule has 3 nitrogen and oxygen atoms in total. The lowest BCUT2D eigenvalue weighted by Crippen LogP contribution is -2.21. The maximum atomic E-state index is 7.60. The monoisotopic (exact) mass is 279 g/mol. The smallest absolute Gasteiger partial charge is 0.124 e. The third-order valence-corrected chi connectivity index (χ3v) is 3.63. The molecular formula is C13H14ClN3S. The summed E-state index contributed by atoms with van der Waals surface area (Å²) in [6.45, 7) is 0.768. The summed E-state index contributed by atoms with van der Waals surface area (Å²) in [5, 5.41) is 12.4. The molecule has 0 spiro atoms. The number of halogens is 1. The van der Waals surface area contributed by atoms with E-state index in [-0.39, 0.29) is 5.84 Å². The molecule has 2 rings (SSSR count). The van der Waals surface area contributed by atoms with E-state index in [1.54, 1.807) is 23.5 Å². The number of nitrogens with zero attached hydrogens (tertiary/aromatic N) is 1. The van der Waals surface area contributed by atoms with Crippen molar-refractivity contribution >= 4 is 34.5 Å². The zero-order valence-electron chi connectivity index (χ0n) is 9.98. The van der Waals surface area contributed by atoms with Crippen molar-refractivity contribution in [1.29, 1.82) is 5.41 Å². The summed E-state index contributed by atoms with van der Waals surface area (Å²) in [5.41, 5.74) is 8.41. The molecule has 0 aliphatic carbocycles. The molecule has 0 unspecified atom stereocenters. The number of hydrogen-bond acceptors (Lipinski definition) is 3. The summed E-state index contributed by atoms with van der Waals surface area (Å²) in [6, 6.07) is 7.45. The van der Waals surface area contributed by atoms with Crippen LogP contribution in [0.5, 0.6) is 0 Å². The molecule has 1 aromatic carbocycles. The van der Waals surface area contributed by atoms with Crippen molar-refractivity contribution in [2.45, 2.75) is 6.54 Å². The normalized spacial score (nSPS) is 10.3. The minimum atomic E-state index is 0.0545. The number of nitrogens with one attached hydrogen (secondary N) is 1. The molecule has 18 heavy (non-hydrogen) atoms. The van der Waals surface area contributed by atoms with E-state index in [2.05, 4.69) is 11.4 Å². The summed E-state index contributed by atoms with van der Waals surface area (Å²) in [5.74, 6) is 0.0545. The summed E-state index contributed by atoms with van der Waals surface area (Å²) < 4.78 is 0. The zero-order valence-corrected chi connectivity index (χ0v) is 11.6. The van der Waals surface area contributed by atoms with Crippen LogP contribution in [0.1, 0.15) is 11.1 Å². The summed E-state index contributed by atoms with van der Waals surface area (Å²) in [4.78, 5) is 2.05. The molecule has 0 aliphatic heterocycles. The molecule has 5 heteroatoms. The second-order valence-corrected chi connectivity index (χ2v) is 5.28. The number of thiophene rings is 1. The van der Waals surface area contributed by atoms with E-state index in [9.17, 15) is 0 Å². The van der Waals surface area contributed by atoms with Crippen molar-refractivity contribution < 1.29 is 0 Å². The van der Waals surface area contributed by atoms with Gasteiger partial charge >= 0.3 is 0 Å². The van der Waals surface area contributed by atoms with Gasteiger partial charge in [-0.25, -0.2) is 0 Å². The topological polar surface area (TPSA) is 53.1 Å². The minimum Gasteiger partial charge on any atom is -0.384 e. The Hall–Kier alpha value is -1.52. The van der Waals surface area contributed by atoms with E-state index in [0.29, 0.717) is 10.6 Å². The second kappa shape index (κ2) is 5.42. The Morgan fingerprint density at radius 2 is 2.22 bits per heavy atom. The van der Waals surface area contributed by atoms with Gasteiger partial charge in [-0.3, -0.25) is 5.41 Å². The van der Waals surface area contributed by atoms with Crippen molar-refractivity contribution in [3.63, 3.8) is 0 Å². The van der Waals surface area contributed by atoms with Crippen molar-refractivity contribution in [3.8, 4) is 0 Å². The number of nitrogen functional groups attached to an aromatic ring is 1. The van der Waals surface area contributed by atoms with Gasteiger partial charge in [-0.2, -0.15) is 11.3 Å². The van der Waals surface area contributed by atoms with Crippen molar-refractivity contribution in [2.75, 3.05) is 11.9 Å². The number of nitrogens with two attached hydrogens (primary N) is 1. The molecule has 1 heterocycles. The number of benzene rings is 1. The Bertz CT molecular complexity index is 551. The first kappa shape index (κ1) is 12.9. The van der Waals surface area contributed by atoms with E-state index in [4.69, 9.17) is 22.7 Å². The Morgan fingerprint density at radius 3 is 2.83 bits per heavy atom. The fourth-order valence-electron chi connectivity index (χ4n) is 1.79. The molecule has 0 atom stereocenters. The molecule has 1 aromatic heterocycles. The van der Waals surface area contributed by atoms with Crippen molar-refractivity contribution in [1.82, 2.24) is 0 Å². The maximum Gasteiger partial charge on any atom is 0.124 e. The fourth-order valence-corrected chi connectivity index (χ4v) is 2.62. The van der Waals surface area contributed by atoms with Gasteiger partial charge in [0.25, 0.3) is 0 Å². The number of hydrogen-bond donors (Lipinski definition) is 2. The lowest BCUT2D eigenvalue weighted by molar-refractivity contribution is 0.926. The SMILES string of the molecule is CN(Cc1ccsc1)c1cc(Cl)ccc1C(=N)N. The van der Waals surface area contributed by atoms with Gasteiger partial charge in [0.1, 0.15) is 5.84 Å². The summed E-state index contributed by atoms with van der Waals surface area (Å²) >= 11 is 7.68. The molecule has 0 radical (unpaired) electrons. The summed E-state index contributed by atoms with van der Waals surface area (Å²) in [7, 11) is 1.97. The minimum absolute atomic E-state index is 0.0545. The zero-order chi connectivity index (χ0) is 13.1. The number of amidine groups is 1. The lowest BCUT2D eigenvalue weighted by atomic mass is 10.1. The first-order valence-corrected chi connectivity index (χ1v) is 6.76. The standard InChI is InChI=1S/C13H14ClN3S/c1-17(7-9-4-5-18-8-9)12-6-10(14)2-3-11(12)13(15)16/h2-6,8H,7H2,1H3,(H3,15,16). The first-order chi connectivity index (χ1) is 8.58. The Labute approximate surface area is 115 Å². The maximum absolute atomic E-state index is 7.60. The van der Waals surface area contributed by atoms with Crippen LogP contribution < -0.4 is 10.6 Å². The van der Waals surface area contributed by atoms with Gasteiger partial charge in [0.15, 0.2) is 0 Å². The predicted molar refractivity (Wildman–Crippen MR) is 78.9 cm³/mol. The highest BCUT2D eigenvalue weighted by Gasteiger charge is 2.11. The molecular weight excluding hydrogens is 266 g/mol. The lowest BCUT2D eigenvalue weighted by Gasteiger charge is -2.22.